The van der Waals surface area contributed by atoms with Gasteiger partial charge in [-0.25, -0.2) is 0 Å². The van der Waals surface area contributed by atoms with E-state index in [0.29, 0.717) is 12.3 Å². The van der Waals surface area contributed by atoms with Gasteiger partial charge in [0.2, 0.25) is 0 Å². The lowest BCUT2D eigenvalue weighted by Crippen LogP contribution is -2.14. The van der Waals surface area contributed by atoms with E-state index in [4.69, 9.17) is 5.11 Å². The van der Waals surface area contributed by atoms with Crippen LogP contribution in [0.3, 0.4) is 0 Å². The van der Waals surface area contributed by atoms with Crippen molar-refractivity contribution >= 4 is 5.78 Å². The van der Waals surface area contributed by atoms with Crippen LogP contribution in [-0.4, -0.2) is 10.9 Å². The van der Waals surface area contributed by atoms with Crippen molar-refractivity contribution in [2.24, 2.45) is 5.92 Å². The second-order valence-electron chi connectivity index (χ2n) is 4.91. The zero-order valence-corrected chi connectivity index (χ0v) is 10.9. The lowest BCUT2D eigenvalue weighted by molar-refractivity contribution is -0.120. The van der Waals surface area contributed by atoms with Gasteiger partial charge in [0.1, 0.15) is 5.78 Å². The predicted molar refractivity (Wildman–Crippen MR) is 69.9 cm³/mol. The molecular weight excluding hydrogens is 212 g/mol. The van der Waals surface area contributed by atoms with Gasteiger partial charge in [-0.2, -0.15) is 0 Å². The third-order valence-corrected chi connectivity index (χ3v) is 2.98. The summed E-state index contributed by atoms with van der Waals surface area (Å²) < 4.78 is 0. The van der Waals surface area contributed by atoms with Crippen LogP contribution >= 0.6 is 0 Å². The van der Waals surface area contributed by atoms with Gasteiger partial charge >= 0.3 is 0 Å². The van der Waals surface area contributed by atoms with Crippen LogP contribution in [0.25, 0.3) is 0 Å². The van der Waals surface area contributed by atoms with Crippen LogP contribution in [0.15, 0.2) is 24.3 Å². The van der Waals surface area contributed by atoms with Crippen LogP contribution < -0.4 is 0 Å². The lowest BCUT2D eigenvalue weighted by atomic mass is 9.85. The summed E-state index contributed by atoms with van der Waals surface area (Å²) in [5.41, 5.74) is 1.91. The number of Topliss-reactive ketones (excluding diaryl/α,β-unsaturated/α-hetero) is 1. The van der Waals surface area contributed by atoms with Crippen LogP contribution in [0.5, 0.6) is 0 Å². The molecule has 0 aliphatic rings. The Kier molecular flexibility index (Phi) is 5.36. The molecule has 94 valence electrons. The number of carbonyl (C=O) groups excluding carboxylic acids is 1. The molecule has 0 aromatic heterocycles. The molecule has 2 heteroatoms. The predicted octanol–water partition coefficient (Wildman–Crippen LogP) is 3.29. The highest BCUT2D eigenvalue weighted by molar-refractivity contribution is 5.85. The van der Waals surface area contributed by atoms with E-state index < -0.39 is 0 Å². The standard InChI is InChI=1S/C15H22O2/c1-4-15(17)14(8-11(2)3)13-7-5-6-12(9-13)10-16/h5-7,9,11,14,16H,4,8,10H2,1-3H3/t14-/m1/s1. The number of carbonyl (C=O) groups is 1. The molecule has 1 atom stereocenters. The van der Waals surface area contributed by atoms with Crippen molar-refractivity contribution in [3.63, 3.8) is 0 Å². The smallest absolute Gasteiger partial charge is 0.140 e. The molecule has 17 heavy (non-hydrogen) atoms. The summed E-state index contributed by atoms with van der Waals surface area (Å²) in [4.78, 5) is 12.0. The zero-order chi connectivity index (χ0) is 12.8. The molecule has 0 radical (unpaired) electrons. The molecule has 1 rings (SSSR count). The van der Waals surface area contributed by atoms with E-state index in [1.807, 2.05) is 31.2 Å². The van der Waals surface area contributed by atoms with Crippen LogP contribution in [0, 0.1) is 5.92 Å². The van der Waals surface area contributed by atoms with E-state index in [1.165, 1.54) is 0 Å². The first-order valence-electron chi connectivity index (χ1n) is 6.30. The number of ketones is 1. The van der Waals surface area contributed by atoms with Crippen molar-refractivity contribution in [3.8, 4) is 0 Å². The zero-order valence-electron chi connectivity index (χ0n) is 10.9. The van der Waals surface area contributed by atoms with Gasteiger partial charge in [-0.3, -0.25) is 4.79 Å². The Morgan fingerprint density at radius 2 is 2.06 bits per heavy atom. The minimum atomic E-state index is -0.0218. The lowest BCUT2D eigenvalue weighted by Gasteiger charge is -2.18. The maximum Gasteiger partial charge on any atom is 0.140 e. The fourth-order valence-electron chi connectivity index (χ4n) is 2.08. The highest BCUT2D eigenvalue weighted by Gasteiger charge is 2.20. The van der Waals surface area contributed by atoms with E-state index in [2.05, 4.69) is 13.8 Å². The quantitative estimate of drug-likeness (QED) is 0.820. The number of aliphatic hydroxyl groups is 1. The van der Waals surface area contributed by atoms with Crippen LogP contribution in [0.1, 0.15) is 50.7 Å². The van der Waals surface area contributed by atoms with E-state index in [0.717, 1.165) is 17.5 Å². The Balaban J connectivity index is 2.98. The first kappa shape index (κ1) is 13.9. The number of hydrogen-bond acceptors (Lipinski definition) is 2. The van der Waals surface area contributed by atoms with Gasteiger partial charge in [-0.1, -0.05) is 45.0 Å². The average molecular weight is 234 g/mol. The molecular formula is C15H22O2. The van der Waals surface area contributed by atoms with Gasteiger partial charge in [-0.15, -0.1) is 0 Å². The van der Waals surface area contributed by atoms with Crippen molar-refractivity contribution in [1.82, 2.24) is 0 Å². The maximum atomic E-state index is 12.0. The average Bonchev–Trinajstić information content (AvgIpc) is 2.35. The van der Waals surface area contributed by atoms with Crippen LogP contribution in [0.4, 0.5) is 0 Å². The van der Waals surface area contributed by atoms with Gasteiger partial charge in [0.15, 0.2) is 0 Å². The summed E-state index contributed by atoms with van der Waals surface area (Å²) in [6.07, 6.45) is 1.45. The van der Waals surface area contributed by atoms with Crippen LogP contribution in [-0.2, 0) is 11.4 Å². The molecule has 1 aromatic carbocycles. The Morgan fingerprint density at radius 1 is 1.35 bits per heavy atom. The molecule has 0 spiro atoms. The summed E-state index contributed by atoms with van der Waals surface area (Å²) in [6.45, 7) is 6.20. The van der Waals surface area contributed by atoms with E-state index in [1.54, 1.807) is 0 Å². The van der Waals surface area contributed by atoms with Gasteiger partial charge in [-0.05, 0) is 23.5 Å². The van der Waals surface area contributed by atoms with Gasteiger partial charge in [0.05, 0.1) is 6.61 Å². The Bertz CT molecular complexity index is 369. The molecule has 0 bridgehead atoms. The molecule has 1 N–H and O–H groups in total. The fraction of sp³-hybridized carbons (Fsp3) is 0.533. The summed E-state index contributed by atoms with van der Waals surface area (Å²) >= 11 is 0. The minimum Gasteiger partial charge on any atom is -0.392 e. The van der Waals surface area contributed by atoms with Gasteiger partial charge in [0, 0.05) is 12.3 Å². The van der Waals surface area contributed by atoms with E-state index >= 15 is 0 Å². The van der Waals surface area contributed by atoms with Crippen LogP contribution in [0.2, 0.25) is 0 Å². The molecule has 0 saturated carbocycles. The molecule has 0 amide bonds. The topological polar surface area (TPSA) is 37.3 Å². The second kappa shape index (κ2) is 6.55. The number of benzene rings is 1. The Labute approximate surface area is 104 Å². The summed E-state index contributed by atoms with van der Waals surface area (Å²) in [7, 11) is 0. The molecule has 0 aliphatic carbocycles. The number of hydrogen-bond donors (Lipinski definition) is 1. The monoisotopic (exact) mass is 234 g/mol. The van der Waals surface area contributed by atoms with E-state index in [9.17, 15) is 4.79 Å². The molecule has 0 fully saturated rings. The summed E-state index contributed by atoms with van der Waals surface area (Å²) in [6, 6.07) is 7.73. The number of rotatable bonds is 6. The summed E-state index contributed by atoms with van der Waals surface area (Å²) in [5, 5.41) is 9.14. The third-order valence-electron chi connectivity index (χ3n) is 2.98. The SMILES string of the molecule is CCC(=O)[C@H](CC(C)C)c1cccc(CO)c1. The molecule has 2 nitrogen and oxygen atoms in total. The molecule has 1 aromatic rings. The van der Waals surface area contributed by atoms with Gasteiger partial charge in [0.25, 0.3) is 0 Å². The molecule has 0 heterocycles. The van der Waals surface area contributed by atoms with Crippen molar-refractivity contribution in [1.29, 1.82) is 0 Å². The van der Waals surface area contributed by atoms with Gasteiger partial charge < -0.3 is 5.11 Å². The summed E-state index contributed by atoms with van der Waals surface area (Å²) in [5.74, 6) is 0.758. The highest BCUT2D eigenvalue weighted by atomic mass is 16.3. The van der Waals surface area contributed by atoms with E-state index in [-0.39, 0.29) is 18.3 Å². The largest absolute Gasteiger partial charge is 0.392 e. The molecule has 0 saturated heterocycles. The molecule has 0 aliphatic heterocycles. The highest BCUT2D eigenvalue weighted by Crippen LogP contribution is 2.26. The Morgan fingerprint density at radius 3 is 2.59 bits per heavy atom. The first-order valence-corrected chi connectivity index (χ1v) is 6.30. The normalized spacial score (nSPS) is 12.8. The second-order valence-corrected chi connectivity index (χ2v) is 4.91. The van der Waals surface area contributed by atoms with Crippen molar-refractivity contribution in [2.75, 3.05) is 0 Å². The molecule has 0 unspecified atom stereocenters. The third kappa shape index (κ3) is 3.97. The Hall–Kier alpha value is -1.15. The number of aliphatic hydroxyl groups excluding tert-OH is 1. The first-order chi connectivity index (χ1) is 8.08. The van der Waals surface area contributed by atoms with Crippen molar-refractivity contribution in [3.05, 3.63) is 35.4 Å². The minimum absolute atomic E-state index is 0.0218. The van der Waals surface area contributed by atoms with Crippen molar-refractivity contribution < 1.29 is 9.90 Å². The fourth-order valence-corrected chi connectivity index (χ4v) is 2.08. The maximum absolute atomic E-state index is 12.0. The van der Waals surface area contributed by atoms with Crippen molar-refractivity contribution in [2.45, 2.75) is 46.1 Å².